The van der Waals surface area contributed by atoms with Crippen molar-refractivity contribution in [1.82, 2.24) is 20.6 Å². The van der Waals surface area contributed by atoms with Gasteiger partial charge in [0.25, 0.3) is 0 Å². The molecule has 1 aromatic heterocycles. The first-order valence-corrected chi connectivity index (χ1v) is 10.9. The number of allylic oxidation sites excluding steroid dienone is 1. The van der Waals surface area contributed by atoms with Gasteiger partial charge >= 0.3 is 12.2 Å². The Bertz CT molecular complexity index is 1060. The molecule has 0 aliphatic heterocycles. The molecule has 3 rings (SSSR count). The Balaban J connectivity index is 1.95. The van der Waals surface area contributed by atoms with Gasteiger partial charge in [-0.1, -0.05) is 36.4 Å². The first-order valence-electron chi connectivity index (χ1n) is 10.9. The zero-order valence-electron chi connectivity index (χ0n) is 20.0. The molecule has 1 aliphatic carbocycles. The monoisotopic (exact) mass is 452 g/mol. The van der Waals surface area contributed by atoms with Gasteiger partial charge in [0.2, 0.25) is 0 Å². The summed E-state index contributed by atoms with van der Waals surface area (Å²) in [6.45, 7) is 10.8. The van der Waals surface area contributed by atoms with Crippen molar-refractivity contribution in [2.75, 3.05) is 0 Å². The van der Waals surface area contributed by atoms with Crippen LogP contribution in [0.5, 0.6) is 0 Å². The summed E-state index contributed by atoms with van der Waals surface area (Å²) in [5, 5.41) is 5.69. The molecule has 1 aromatic carbocycles. The number of amides is 2. The van der Waals surface area contributed by atoms with Gasteiger partial charge in [-0.05, 0) is 65.7 Å². The number of H-pyrrole nitrogens is 1. The van der Waals surface area contributed by atoms with E-state index in [-0.39, 0.29) is 0 Å². The van der Waals surface area contributed by atoms with Gasteiger partial charge in [-0.15, -0.1) is 0 Å². The second kappa shape index (κ2) is 9.13. The number of nitrogens with one attached hydrogen (secondary N) is 3. The van der Waals surface area contributed by atoms with Crippen molar-refractivity contribution < 1.29 is 19.1 Å². The highest BCUT2D eigenvalue weighted by Gasteiger charge is 2.38. The normalized spacial score (nSPS) is 18.3. The van der Waals surface area contributed by atoms with Gasteiger partial charge in [0, 0.05) is 5.70 Å². The number of ether oxygens (including phenoxy) is 2. The van der Waals surface area contributed by atoms with Crippen LogP contribution in [0.1, 0.15) is 53.8 Å². The van der Waals surface area contributed by atoms with E-state index in [4.69, 9.17) is 9.47 Å². The van der Waals surface area contributed by atoms with Crippen LogP contribution in [0, 0.1) is 0 Å². The van der Waals surface area contributed by atoms with Crippen molar-refractivity contribution in [3.8, 4) is 11.3 Å². The first-order chi connectivity index (χ1) is 15.4. The fourth-order valence-corrected chi connectivity index (χ4v) is 3.35. The van der Waals surface area contributed by atoms with Gasteiger partial charge in [-0.3, -0.25) is 5.32 Å². The van der Waals surface area contributed by atoms with Gasteiger partial charge in [0.15, 0.2) is 0 Å². The van der Waals surface area contributed by atoms with E-state index in [9.17, 15) is 9.59 Å². The number of carbonyl (C=O) groups is 2. The molecular weight excluding hydrogens is 420 g/mol. The van der Waals surface area contributed by atoms with E-state index in [0.29, 0.717) is 17.9 Å². The van der Waals surface area contributed by atoms with Crippen molar-refractivity contribution in [2.24, 2.45) is 0 Å². The highest BCUT2D eigenvalue weighted by molar-refractivity contribution is 5.72. The van der Waals surface area contributed by atoms with Crippen LogP contribution in [-0.4, -0.2) is 33.4 Å². The maximum Gasteiger partial charge on any atom is 0.412 e. The van der Waals surface area contributed by atoms with E-state index in [0.717, 1.165) is 11.3 Å². The van der Waals surface area contributed by atoms with Crippen molar-refractivity contribution in [3.63, 3.8) is 0 Å². The minimum atomic E-state index is -1.06. The summed E-state index contributed by atoms with van der Waals surface area (Å²) < 4.78 is 10.9. The molecule has 176 valence electrons. The molecule has 33 heavy (non-hydrogen) atoms. The molecule has 1 unspecified atom stereocenters. The van der Waals surface area contributed by atoms with Gasteiger partial charge in [0.1, 0.15) is 22.6 Å². The van der Waals surface area contributed by atoms with Gasteiger partial charge in [0.05, 0.1) is 11.9 Å². The number of hydrogen-bond acceptors (Lipinski definition) is 5. The fraction of sp³-hybridized carbons (Fsp3) is 0.400. The molecule has 1 aliphatic rings. The minimum Gasteiger partial charge on any atom is -0.444 e. The Morgan fingerprint density at radius 2 is 1.64 bits per heavy atom. The van der Waals surface area contributed by atoms with E-state index in [1.54, 1.807) is 59.9 Å². The van der Waals surface area contributed by atoms with Crippen LogP contribution in [0.15, 0.2) is 60.5 Å². The van der Waals surface area contributed by atoms with E-state index in [1.807, 2.05) is 36.4 Å². The predicted molar refractivity (Wildman–Crippen MR) is 126 cm³/mol. The second-order valence-corrected chi connectivity index (χ2v) is 9.94. The van der Waals surface area contributed by atoms with Crippen LogP contribution in [0.4, 0.5) is 9.59 Å². The summed E-state index contributed by atoms with van der Waals surface area (Å²) >= 11 is 0. The SMILES string of the molecule is CC(C)(C)OC(=O)NC1=CC(NC(=O)OC(C)(C)C)(c2ncc(-c3ccccc3)[nH]2)CC=C1. The summed E-state index contributed by atoms with van der Waals surface area (Å²) in [7, 11) is 0. The number of aromatic nitrogens is 2. The number of carbonyl (C=O) groups excluding carboxylic acids is 2. The van der Waals surface area contributed by atoms with Crippen LogP contribution in [0.25, 0.3) is 11.3 Å². The number of hydrogen-bond donors (Lipinski definition) is 3. The Morgan fingerprint density at radius 1 is 1.00 bits per heavy atom. The van der Waals surface area contributed by atoms with Crippen LogP contribution in [-0.2, 0) is 15.0 Å². The molecule has 2 aromatic rings. The van der Waals surface area contributed by atoms with Crippen molar-refractivity contribution >= 4 is 12.2 Å². The quantitative estimate of drug-likeness (QED) is 0.594. The Kier molecular flexibility index (Phi) is 6.67. The average molecular weight is 453 g/mol. The number of nitrogens with zero attached hydrogens (tertiary/aromatic N) is 1. The zero-order chi connectivity index (χ0) is 24.3. The van der Waals surface area contributed by atoms with Crippen LogP contribution in [0.3, 0.4) is 0 Å². The lowest BCUT2D eigenvalue weighted by molar-refractivity contribution is 0.0471. The van der Waals surface area contributed by atoms with Gasteiger partial charge in [-0.25, -0.2) is 14.6 Å². The topological polar surface area (TPSA) is 105 Å². The maximum atomic E-state index is 12.8. The molecule has 0 saturated heterocycles. The summed E-state index contributed by atoms with van der Waals surface area (Å²) in [6.07, 6.45) is 6.31. The lowest BCUT2D eigenvalue weighted by Gasteiger charge is -2.33. The van der Waals surface area contributed by atoms with Crippen molar-refractivity contribution in [2.45, 2.75) is 64.7 Å². The molecule has 0 bridgehead atoms. The molecular formula is C25H32N4O4. The Labute approximate surface area is 194 Å². The number of rotatable bonds is 4. The smallest absolute Gasteiger partial charge is 0.412 e. The van der Waals surface area contributed by atoms with Crippen LogP contribution < -0.4 is 10.6 Å². The molecule has 1 atom stereocenters. The molecule has 0 saturated carbocycles. The Hall–Kier alpha value is -3.55. The predicted octanol–water partition coefficient (Wildman–Crippen LogP) is 5.17. The number of alkyl carbamates (subject to hydrolysis) is 2. The highest BCUT2D eigenvalue weighted by Crippen LogP contribution is 2.32. The third-order valence-electron chi connectivity index (χ3n) is 4.59. The molecule has 0 spiro atoms. The van der Waals surface area contributed by atoms with Gasteiger partial charge < -0.3 is 19.8 Å². The molecule has 8 heteroatoms. The first kappa shape index (κ1) is 24.1. The average Bonchev–Trinajstić information content (AvgIpc) is 3.17. The van der Waals surface area contributed by atoms with E-state index in [2.05, 4.69) is 20.6 Å². The lowest BCUT2D eigenvalue weighted by Crippen LogP contribution is -2.48. The summed E-state index contributed by atoms with van der Waals surface area (Å²) in [5.41, 5.74) is -0.124. The second-order valence-electron chi connectivity index (χ2n) is 9.94. The summed E-state index contributed by atoms with van der Waals surface area (Å²) in [6, 6.07) is 9.76. The van der Waals surface area contributed by atoms with E-state index in [1.165, 1.54) is 0 Å². The molecule has 2 amide bonds. The van der Waals surface area contributed by atoms with Crippen molar-refractivity contribution in [3.05, 3.63) is 66.3 Å². The fourth-order valence-electron chi connectivity index (χ4n) is 3.35. The highest BCUT2D eigenvalue weighted by atomic mass is 16.6. The standard InChI is InChI=1S/C25H32N4O4/c1-23(2,3)32-21(30)27-18-13-10-14-25(15-18,29-22(31)33-24(4,5)6)20-26-16-19(28-20)17-11-8-7-9-12-17/h7-13,15-16H,14H2,1-6H3,(H,26,28)(H,27,30)(H,29,31). The van der Waals surface area contributed by atoms with Gasteiger partial charge in [-0.2, -0.15) is 0 Å². The third-order valence-corrected chi connectivity index (χ3v) is 4.59. The third kappa shape index (κ3) is 6.71. The summed E-state index contributed by atoms with van der Waals surface area (Å²) in [4.78, 5) is 33.0. The Morgan fingerprint density at radius 3 is 2.27 bits per heavy atom. The maximum absolute atomic E-state index is 12.8. The number of aromatic amines is 1. The molecule has 3 N–H and O–H groups in total. The molecule has 1 heterocycles. The largest absolute Gasteiger partial charge is 0.444 e. The minimum absolute atomic E-state index is 0.410. The van der Waals surface area contributed by atoms with E-state index < -0.39 is 28.9 Å². The summed E-state index contributed by atoms with van der Waals surface area (Å²) in [5.74, 6) is 0.514. The molecule has 8 nitrogen and oxygen atoms in total. The molecule has 0 fully saturated rings. The van der Waals surface area contributed by atoms with Crippen molar-refractivity contribution in [1.29, 1.82) is 0 Å². The zero-order valence-corrected chi connectivity index (χ0v) is 20.0. The lowest BCUT2D eigenvalue weighted by atomic mass is 9.89. The number of benzene rings is 1. The number of imidazole rings is 1. The van der Waals surface area contributed by atoms with Crippen LogP contribution >= 0.6 is 0 Å². The molecule has 0 radical (unpaired) electrons. The van der Waals surface area contributed by atoms with E-state index >= 15 is 0 Å². The van der Waals surface area contributed by atoms with Crippen LogP contribution in [0.2, 0.25) is 0 Å².